The average molecular weight is 464 g/mol. The minimum Gasteiger partial charge on any atom is -0.618 e. The van der Waals surface area contributed by atoms with Crippen LogP contribution in [0.5, 0.6) is 5.75 Å². The molecule has 0 aliphatic heterocycles. The molecule has 1 heterocycles. The smallest absolute Gasteiger partial charge is 0.317 e. The van der Waals surface area contributed by atoms with E-state index >= 15 is 0 Å². The lowest BCUT2D eigenvalue weighted by molar-refractivity contribution is -0.607. The third kappa shape index (κ3) is 4.35. The minimum atomic E-state index is -0.877. The van der Waals surface area contributed by atoms with E-state index in [4.69, 9.17) is 16.3 Å². The molecule has 3 aliphatic carbocycles. The van der Waals surface area contributed by atoms with Gasteiger partial charge in [-0.25, -0.2) is 4.39 Å². The van der Waals surface area contributed by atoms with Gasteiger partial charge in [-0.15, -0.1) is 0 Å². The first-order valence-corrected chi connectivity index (χ1v) is 10.7. The molecule has 2 bridgehead atoms. The number of pyridine rings is 1. The van der Waals surface area contributed by atoms with Gasteiger partial charge in [-0.3, -0.25) is 9.59 Å². The first-order valence-electron chi connectivity index (χ1n) is 10.3. The van der Waals surface area contributed by atoms with Crippen molar-refractivity contribution in [3.05, 3.63) is 64.3 Å². The van der Waals surface area contributed by atoms with Crippen LogP contribution >= 0.6 is 11.6 Å². The van der Waals surface area contributed by atoms with Crippen LogP contribution in [0.1, 0.15) is 42.6 Å². The molecule has 2 amide bonds. The molecule has 0 spiro atoms. The van der Waals surface area contributed by atoms with E-state index in [1.807, 2.05) is 0 Å². The van der Waals surface area contributed by atoms with Gasteiger partial charge in [-0.05, 0) is 50.3 Å². The average Bonchev–Trinajstić information content (AvgIpc) is 2.76. The number of aromatic nitrogens is 1. The third-order valence-corrected chi connectivity index (χ3v) is 6.71. The molecule has 2 aromatic rings. The van der Waals surface area contributed by atoms with Crippen LogP contribution < -0.4 is 20.1 Å². The lowest BCUT2D eigenvalue weighted by Gasteiger charge is -2.56. The van der Waals surface area contributed by atoms with Crippen LogP contribution in [0.2, 0.25) is 5.02 Å². The summed E-state index contributed by atoms with van der Waals surface area (Å²) in [5, 5.41) is 28.4. The van der Waals surface area contributed by atoms with Gasteiger partial charge in [0.15, 0.2) is 12.8 Å². The number of rotatable bonds is 6. The number of amides is 2. The summed E-state index contributed by atoms with van der Waals surface area (Å²) in [6.45, 7) is -0.338. The van der Waals surface area contributed by atoms with E-state index in [0.29, 0.717) is 30.4 Å². The van der Waals surface area contributed by atoms with E-state index < -0.39 is 34.8 Å². The number of nitrogens with one attached hydrogen (secondary N) is 2. The molecule has 8 nitrogen and oxygen atoms in total. The first kappa shape index (κ1) is 22.3. The predicted octanol–water partition coefficient (Wildman–Crippen LogP) is 1.85. The number of halogens is 2. The molecule has 3 N–H and O–H groups in total. The second kappa shape index (κ2) is 8.55. The summed E-state index contributed by atoms with van der Waals surface area (Å²) >= 11 is 5.63. The third-order valence-electron chi connectivity index (χ3n) is 6.41. The number of hydrogen-bond acceptors (Lipinski definition) is 5. The number of aliphatic hydroxyl groups is 1. The highest BCUT2D eigenvalue weighted by Crippen LogP contribution is 2.47. The Balaban J connectivity index is 1.35. The molecule has 0 saturated heterocycles. The molecule has 170 valence electrons. The largest absolute Gasteiger partial charge is 0.618 e. The fraction of sp³-hybridized carbons (Fsp3) is 0.409. The molecular formula is C22H23ClFN3O5. The number of ether oxygens (including phenoxy) is 1. The van der Waals surface area contributed by atoms with E-state index in [2.05, 4.69) is 10.6 Å². The Morgan fingerprint density at radius 2 is 1.97 bits per heavy atom. The zero-order valence-corrected chi connectivity index (χ0v) is 17.9. The highest BCUT2D eigenvalue weighted by molar-refractivity contribution is 6.30. The van der Waals surface area contributed by atoms with Crippen molar-refractivity contribution in [2.75, 3.05) is 6.61 Å². The number of aliphatic hydroxyl groups excluding tert-OH is 1. The quantitative estimate of drug-likeness (QED) is 0.447. The maximum Gasteiger partial charge on any atom is 0.317 e. The summed E-state index contributed by atoms with van der Waals surface area (Å²) in [6, 6.07) is 8.49. The number of benzene rings is 1. The minimum absolute atomic E-state index is 0.0112. The molecule has 1 aromatic heterocycles. The normalized spacial score (nSPS) is 26.4. The Bertz CT molecular complexity index is 1040. The zero-order valence-electron chi connectivity index (χ0n) is 17.1. The van der Waals surface area contributed by atoms with Gasteiger partial charge in [0.05, 0.1) is 16.7 Å². The summed E-state index contributed by atoms with van der Waals surface area (Å²) in [6.07, 6.45) is 2.65. The van der Waals surface area contributed by atoms with Gasteiger partial charge in [-0.1, -0.05) is 11.6 Å². The summed E-state index contributed by atoms with van der Waals surface area (Å²) < 4.78 is 19.4. The Kier molecular flexibility index (Phi) is 5.96. The topological polar surface area (TPSA) is 115 Å². The monoisotopic (exact) mass is 463 g/mol. The van der Waals surface area contributed by atoms with E-state index in [1.165, 1.54) is 30.5 Å². The van der Waals surface area contributed by atoms with E-state index in [9.17, 15) is 24.3 Å². The highest BCUT2D eigenvalue weighted by Gasteiger charge is 2.55. The van der Waals surface area contributed by atoms with Crippen molar-refractivity contribution in [1.82, 2.24) is 10.6 Å². The van der Waals surface area contributed by atoms with E-state index in [-0.39, 0.29) is 29.5 Å². The molecule has 1 unspecified atom stereocenters. The van der Waals surface area contributed by atoms with E-state index in [1.54, 1.807) is 6.07 Å². The fourth-order valence-electron chi connectivity index (χ4n) is 4.60. The van der Waals surface area contributed by atoms with Crippen molar-refractivity contribution < 1.29 is 28.6 Å². The van der Waals surface area contributed by atoms with Crippen molar-refractivity contribution in [2.45, 2.75) is 49.3 Å². The van der Waals surface area contributed by atoms with Crippen LogP contribution in [-0.2, 0) is 4.79 Å². The van der Waals surface area contributed by atoms with Gasteiger partial charge in [0.1, 0.15) is 11.6 Å². The van der Waals surface area contributed by atoms with Gasteiger partial charge in [0.2, 0.25) is 0 Å². The van der Waals surface area contributed by atoms with Crippen molar-refractivity contribution in [2.24, 2.45) is 0 Å². The molecule has 1 aromatic carbocycles. The molecular weight excluding hydrogens is 441 g/mol. The predicted molar refractivity (Wildman–Crippen MR) is 112 cm³/mol. The van der Waals surface area contributed by atoms with Gasteiger partial charge in [0.25, 0.3) is 11.6 Å². The number of carbonyl (C=O) groups is 2. The van der Waals surface area contributed by atoms with Crippen molar-refractivity contribution in [1.29, 1.82) is 0 Å². The summed E-state index contributed by atoms with van der Waals surface area (Å²) in [7, 11) is 0. The van der Waals surface area contributed by atoms with Gasteiger partial charge < -0.3 is 25.7 Å². The maximum absolute atomic E-state index is 13.5. The van der Waals surface area contributed by atoms with Gasteiger partial charge in [0, 0.05) is 23.7 Å². The Morgan fingerprint density at radius 1 is 1.22 bits per heavy atom. The Hall–Kier alpha value is -2.91. The number of hydrogen-bond donors (Lipinski definition) is 3. The van der Waals surface area contributed by atoms with Crippen LogP contribution in [-0.4, -0.2) is 40.7 Å². The van der Waals surface area contributed by atoms with Crippen molar-refractivity contribution >= 4 is 23.4 Å². The Morgan fingerprint density at radius 3 is 2.62 bits per heavy atom. The highest BCUT2D eigenvalue weighted by atomic mass is 35.5. The number of fused-ring (bicyclic) bond motifs is 3. The van der Waals surface area contributed by atoms with Gasteiger partial charge in [-0.2, -0.15) is 4.73 Å². The molecule has 1 atom stereocenters. The molecule has 32 heavy (non-hydrogen) atoms. The second-order valence-electron chi connectivity index (χ2n) is 8.43. The summed E-state index contributed by atoms with van der Waals surface area (Å²) in [4.78, 5) is 25.1. The van der Waals surface area contributed by atoms with Crippen LogP contribution in [0.4, 0.5) is 4.39 Å². The van der Waals surface area contributed by atoms with Gasteiger partial charge >= 0.3 is 5.91 Å². The summed E-state index contributed by atoms with van der Waals surface area (Å²) in [5.41, 5.74) is -1.46. The summed E-state index contributed by atoms with van der Waals surface area (Å²) in [5.74, 6) is -1.40. The second-order valence-corrected chi connectivity index (χ2v) is 8.84. The zero-order chi connectivity index (χ0) is 22.9. The first-order chi connectivity index (χ1) is 15.2. The molecule has 0 radical (unpaired) electrons. The molecule has 5 rings (SSSR count). The van der Waals surface area contributed by atoms with Crippen LogP contribution in [0.3, 0.4) is 0 Å². The van der Waals surface area contributed by atoms with E-state index in [0.717, 1.165) is 6.07 Å². The lowest BCUT2D eigenvalue weighted by atomic mass is 9.60. The maximum atomic E-state index is 13.5. The van der Waals surface area contributed by atoms with Crippen molar-refractivity contribution in [3.63, 3.8) is 0 Å². The number of nitrogens with zero attached hydrogens (tertiary/aromatic N) is 1. The number of carbonyl (C=O) groups excluding carboxylic acids is 2. The molecule has 3 fully saturated rings. The Labute approximate surface area is 188 Å². The fourth-order valence-corrected chi connectivity index (χ4v) is 4.72. The molecule has 10 heteroatoms. The SMILES string of the molecule is O=C(COc1ccc(Cl)c(F)c1)NC12CCC(NC(=O)c3cccc[n+]3[O-])(CC1)CC2O. The lowest BCUT2D eigenvalue weighted by Crippen LogP contribution is -2.70. The van der Waals surface area contributed by atoms with Crippen LogP contribution in [0.15, 0.2) is 42.6 Å². The van der Waals surface area contributed by atoms with Crippen LogP contribution in [0.25, 0.3) is 0 Å². The van der Waals surface area contributed by atoms with Crippen molar-refractivity contribution in [3.8, 4) is 5.75 Å². The molecule has 3 aliphatic rings. The molecule has 3 saturated carbocycles. The standard InChI is InChI=1S/C22H23ClFN3O5/c23-15-5-4-14(11-16(15)24)32-13-19(29)25-22-8-6-21(7-9-22,12-18(22)28)26-20(30)17-3-1-2-10-27(17)31/h1-5,10-11,18,28H,6-9,12-13H2,(H,25,29)(H,26,30). The van der Waals surface area contributed by atoms with Crippen LogP contribution in [0, 0.1) is 11.0 Å².